The van der Waals surface area contributed by atoms with Crippen molar-refractivity contribution in [3.05, 3.63) is 34.8 Å². The van der Waals surface area contributed by atoms with Crippen LogP contribution < -0.4 is 10.2 Å². The summed E-state index contributed by atoms with van der Waals surface area (Å²) in [5.41, 5.74) is 3.15. The molecule has 0 amide bonds. The summed E-state index contributed by atoms with van der Waals surface area (Å²) in [6.45, 7) is 6.23. The van der Waals surface area contributed by atoms with E-state index in [-0.39, 0.29) is 6.42 Å². The monoisotopic (exact) mass is 360 g/mol. The van der Waals surface area contributed by atoms with Gasteiger partial charge in [-0.15, -0.1) is 11.3 Å². The Kier molecular flexibility index (Phi) is 5.55. The highest BCUT2D eigenvalue weighted by atomic mass is 32.1. The standard InChI is InChI=1S/C18H24N4O2S/c1-13-16(7-8-17(23)24)25-18(19-13)20-14-3-5-15(6-4-14)22-11-9-21(2)10-12-22/h3-6H,7-12H2,1-2H3,(H,19,20)(H,23,24). The largest absolute Gasteiger partial charge is 0.481 e. The summed E-state index contributed by atoms with van der Waals surface area (Å²) in [5, 5.41) is 13.0. The van der Waals surface area contributed by atoms with Gasteiger partial charge in [0.05, 0.1) is 12.1 Å². The third-order valence-corrected chi connectivity index (χ3v) is 5.58. The predicted octanol–water partition coefficient (Wildman–Crippen LogP) is 2.96. The molecule has 0 bridgehead atoms. The molecule has 3 rings (SSSR count). The van der Waals surface area contributed by atoms with Gasteiger partial charge in [0.1, 0.15) is 0 Å². The summed E-state index contributed by atoms with van der Waals surface area (Å²) in [4.78, 5) is 21.0. The highest BCUT2D eigenvalue weighted by Gasteiger charge is 2.14. The molecule has 2 heterocycles. The number of benzene rings is 1. The molecule has 0 atom stereocenters. The van der Waals surface area contributed by atoms with Gasteiger partial charge in [-0.1, -0.05) is 0 Å². The number of carboxylic acids is 1. The first-order valence-corrected chi connectivity index (χ1v) is 9.31. The van der Waals surface area contributed by atoms with E-state index in [2.05, 4.69) is 51.4 Å². The van der Waals surface area contributed by atoms with Crippen molar-refractivity contribution in [1.82, 2.24) is 9.88 Å². The van der Waals surface area contributed by atoms with E-state index < -0.39 is 5.97 Å². The fraction of sp³-hybridized carbons (Fsp3) is 0.444. The number of aryl methyl sites for hydroxylation is 2. The highest BCUT2D eigenvalue weighted by molar-refractivity contribution is 7.15. The van der Waals surface area contributed by atoms with Crippen LogP contribution in [0.25, 0.3) is 0 Å². The number of nitrogens with one attached hydrogen (secondary N) is 1. The number of thiazole rings is 1. The molecule has 1 aliphatic rings. The van der Waals surface area contributed by atoms with Gasteiger partial charge in [0.25, 0.3) is 0 Å². The van der Waals surface area contributed by atoms with Crippen LogP contribution in [-0.2, 0) is 11.2 Å². The number of piperazine rings is 1. The molecule has 2 aromatic rings. The predicted molar refractivity (Wildman–Crippen MR) is 102 cm³/mol. The van der Waals surface area contributed by atoms with Crippen molar-refractivity contribution in [2.24, 2.45) is 0 Å². The maximum absolute atomic E-state index is 10.7. The van der Waals surface area contributed by atoms with E-state index >= 15 is 0 Å². The highest BCUT2D eigenvalue weighted by Crippen LogP contribution is 2.28. The van der Waals surface area contributed by atoms with E-state index in [0.29, 0.717) is 6.42 Å². The molecular weight excluding hydrogens is 336 g/mol. The fourth-order valence-corrected chi connectivity index (χ4v) is 3.86. The second-order valence-corrected chi connectivity index (χ2v) is 7.47. The number of hydrogen-bond acceptors (Lipinski definition) is 6. The number of carboxylic acid groups (broad SMARTS) is 1. The van der Waals surface area contributed by atoms with Gasteiger partial charge in [-0.25, -0.2) is 4.98 Å². The van der Waals surface area contributed by atoms with Crippen LogP contribution in [0, 0.1) is 6.92 Å². The molecule has 7 heteroatoms. The molecule has 0 unspecified atom stereocenters. The van der Waals surface area contributed by atoms with E-state index in [1.54, 1.807) is 0 Å². The Labute approximate surface area is 152 Å². The Balaban J connectivity index is 1.61. The zero-order valence-corrected chi connectivity index (χ0v) is 15.5. The third-order valence-electron chi connectivity index (χ3n) is 4.45. The molecule has 6 nitrogen and oxygen atoms in total. The molecule has 2 N–H and O–H groups in total. The van der Waals surface area contributed by atoms with Crippen molar-refractivity contribution in [2.75, 3.05) is 43.4 Å². The zero-order valence-electron chi connectivity index (χ0n) is 14.7. The van der Waals surface area contributed by atoms with Gasteiger partial charge >= 0.3 is 5.97 Å². The topological polar surface area (TPSA) is 68.7 Å². The van der Waals surface area contributed by atoms with Crippen molar-refractivity contribution >= 4 is 33.8 Å². The minimum atomic E-state index is -0.776. The molecule has 0 aliphatic carbocycles. The summed E-state index contributed by atoms with van der Waals surface area (Å²) in [7, 11) is 2.16. The molecule has 0 radical (unpaired) electrons. The van der Waals surface area contributed by atoms with Crippen LogP contribution in [0.15, 0.2) is 24.3 Å². The minimum Gasteiger partial charge on any atom is -0.481 e. The van der Waals surface area contributed by atoms with Crippen molar-refractivity contribution in [1.29, 1.82) is 0 Å². The van der Waals surface area contributed by atoms with Crippen LogP contribution in [0.2, 0.25) is 0 Å². The minimum absolute atomic E-state index is 0.141. The summed E-state index contributed by atoms with van der Waals surface area (Å²) in [5.74, 6) is -0.776. The summed E-state index contributed by atoms with van der Waals surface area (Å²) in [6.07, 6.45) is 0.672. The smallest absolute Gasteiger partial charge is 0.303 e. The average Bonchev–Trinajstić information content (AvgIpc) is 2.94. The van der Waals surface area contributed by atoms with Crippen molar-refractivity contribution in [3.8, 4) is 0 Å². The Hall–Kier alpha value is -2.12. The van der Waals surface area contributed by atoms with Crippen LogP contribution in [0.4, 0.5) is 16.5 Å². The summed E-state index contributed by atoms with van der Waals surface area (Å²) in [6, 6.07) is 8.42. The van der Waals surface area contributed by atoms with Gasteiger partial charge in [-0.3, -0.25) is 4.79 Å². The quantitative estimate of drug-likeness (QED) is 0.825. The Morgan fingerprint density at radius 3 is 2.56 bits per heavy atom. The van der Waals surface area contributed by atoms with Crippen LogP contribution in [0.3, 0.4) is 0 Å². The molecule has 1 fully saturated rings. The number of rotatable bonds is 6. The summed E-state index contributed by atoms with van der Waals surface area (Å²) >= 11 is 1.53. The van der Waals surface area contributed by atoms with Gasteiger partial charge in [0, 0.05) is 42.4 Å². The first-order chi connectivity index (χ1) is 12.0. The number of likely N-dealkylation sites (N-methyl/N-ethyl adjacent to an activating group) is 1. The van der Waals surface area contributed by atoms with Crippen molar-refractivity contribution < 1.29 is 9.90 Å². The molecule has 1 aromatic heterocycles. The molecule has 25 heavy (non-hydrogen) atoms. The molecule has 0 saturated carbocycles. The Morgan fingerprint density at radius 1 is 1.24 bits per heavy atom. The fourth-order valence-electron chi connectivity index (χ4n) is 2.88. The number of aromatic nitrogens is 1. The lowest BCUT2D eigenvalue weighted by Crippen LogP contribution is -2.44. The van der Waals surface area contributed by atoms with E-state index in [9.17, 15) is 4.79 Å². The van der Waals surface area contributed by atoms with Gasteiger partial charge in [-0.05, 0) is 44.7 Å². The second-order valence-electron chi connectivity index (χ2n) is 6.38. The Morgan fingerprint density at radius 2 is 1.92 bits per heavy atom. The van der Waals surface area contributed by atoms with Gasteiger partial charge in [0.15, 0.2) is 5.13 Å². The van der Waals surface area contributed by atoms with Crippen LogP contribution in [0.1, 0.15) is 17.0 Å². The molecule has 0 spiro atoms. The molecule has 1 saturated heterocycles. The normalized spacial score (nSPS) is 15.4. The van der Waals surface area contributed by atoms with E-state index in [4.69, 9.17) is 5.11 Å². The van der Waals surface area contributed by atoms with Gasteiger partial charge in [0.2, 0.25) is 0 Å². The molecular formula is C18H24N4O2S. The number of nitrogens with zero attached hydrogens (tertiary/aromatic N) is 3. The lowest BCUT2D eigenvalue weighted by Gasteiger charge is -2.34. The zero-order chi connectivity index (χ0) is 17.8. The number of aliphatic carboxylic acids is 1. The van der Waals surface area contributed by atoms with Gasteiger partial charge in [-0.2, -0.15) is 0 Å². The first kappa shape index (κ1) is 17.7. The third kappa shape index (κ3) is 4.70. The molecule has 1 aliphatic heterocycles. The number of hydrogen-bond donors (Lipinski definition) is 2. The first-order valence-electron chi connectivity index (χ1n) is 8.50. The Bertz CT molecular complexity index is 721. The van der Waals surface area contributed by atoms with E-state index in [1.165, 1.54) is 17.0 Å². The van der Waals surface area contributed by atoms with E-state index in [0.717, 1.165) is 47.6 Å². The number of carbonyl (C=O) groups is 1. The maximum atomic E-state index is 10.7. The van der Waals surface area contributed by atoms with Crippen molar-refractivity contribution in [2.45, 2.75) is 19.8 Å². The van der Waals surface area contributed by atoms with Crippen LogP contribution in [-0.4, -0.2) is 54.2 Å². The number of anilines is 3. The molecule has 1 aromatic carbocycles. The lowest BCUT2D eigenvalue weighted by molar-refractivity contribution is -0.136. The van der Waals surface area contributed by atoms with Gasteiger partial charge < -0.3 is 20.2 Å². The summed E-state index contributed by atoms with van der Waals surface area (Å²) < 4.78 is 0. The van der Waals surface area contributed by atoms with E-state index in [1.807, 2.05) is 6.92 Å². The second kappa shape index (κ2) is 7.84. The SMILES string of the molecule is Cc1nc(Nc2ccc(N3CCN(C)CC3)cc2)sc1CCC(=O)O. The van der Waals surface area contributed by atoms with Crippen LogP contribution >= 0.6 is 11.3 Å². The van der Waals surface area contributed by atoms with Crippen molar-refractivity contribution in [3.63, 3.8) is 0 Å². The lowest BCUT2D eigenvalue weighted by atomic mass is 10.2. The molecule has 134 valence electrons. The van der Waals surface area contributed by atoms with Crippen LogP contribution in [0.5, 0.6) is 0 Å². The average molecular weight is 360 g/mol. The maximum Gasteiger partial charge on any atom is 0.303 e.